The van der Waals surface area contributed by atoms with Crippen LogP contribution in [-0.2, 0) is 18.4 Å². The molecule has 9 heteroatoms. The molecule has 0 aliphatic carbocycles. The van der Waals surface area contributed by atoms with Gasteiger partial charge in [0.25, 0.3) is 0 Å². The van der Waals surface area contributed by atoms with Crippen LogP contribution in [0.1, 0.15) is 18.4 Å². The molecule has 0 saturated carbocycles. The summed E-state index contributed by atoms with van der Waals surface area (Å²) in [6, 6.07) is 3.17. The Morgan fingerprint density at radius 2 is 2.03 bits per heavy atom. The van der Waals surface area contributed by atoms with Crippen LogP contribution in [-0.4, -0.2) is 81.2 Å². The van der Waals surface area contributed by atoms with E-state index in [4.69, 9.17) is 0 Å². The van der Waals surface area contributed by atoms with Gasteiger partial charge in [0, 0.05) is 63.0 Å². The minimum absolute atomic E-state index is 0.0926. The number of carbonyl (C=O) groups is 1. The lowest BCUT2D eigenvalue weighted by Gasteiger charge is -2.29. The Bertz CT molecular complexity index is 923. The molecular formula is C22H29F2N5OS. The highest BCUT2D eigenvalue weighted by atomic mass is 32.2. The van der Waals surface area contributed by atoms with Gasteiger partial charge in [-0.3, -0.25) is 9.69 Å². The van der Waals surface area contributed by atoms with Gasteiger partial charge in [0.2, 0.25) is 5.91 Å². The van der Waals surface area contributed by atoms with Crippen molar-refractivity contribution in [3.05, 3.63) is 47.8 Å². The van der Waals surface area contributed by atoms with Crippen molar-refractivity contribution in [2.24, 2.45) is 7.05 Å². The highest BCUT2D eigenvalue weighted by Crippen LogP contribution is 2.34. The first-order chi connectivity index (χ1) is 14.9. The van der Waals surface area contributed by atoms with Crippen molar-refractivity contribution in [2.75, 3.05) is 39.8 Å². The zero-order valence-electron chi connectivity index (χ0n) is 18.0. The minimum atomic E-state index is -0.465. The largest absolute Gasteiger partial charge is 0.340 e. The van der Waals surface area contributed by atoms with Crippen LogP contribution in [0, 0.1) is 11.6 Å². The van der Waals surface area contributed by atoms with E-state index in [1.54, 1.807) is 18.0 Å². The van der Waals surface area contributed by atoms with Gasteiger partial charge < -0.3 is 14.4 Å². The lowest BCUT2D eigenvalue weighted by atomic mass is 10.1. The summed E-state index contributed by atoms with van der Waals surface area (Å²) in [4.78, 5) is 24.1. The van der Waals surface area contributed by atoms with Gasteiger partial charge in [0.05, 0.1) is 6.04 Å². The van der Waals surface area contributed by atoms with Crippen LogP contribution in [0.15, 0.2) is 35.7 Å². The lowest BCUT2D eigenvalue weighted by Crippen LogP contribution is -2.46. The number of nitrogens with zero attached hydrogens (tertiary/aromatic N) is 5. The first kappa shape index (κ1) is 22.2. The Morgan fingerprint density at radius 1 is 1.19 bits per heavy atom. The van der Waals surface area contributed by atoms with Crippen molar-refractivity contribution in [1.82, 2.24) is 24.3 Å². The Labute approximate surface area is 186 Å². The normalized spacial score (nSPS) is 23.3. The Morgan fingerprint density at radius 3 is 2.81 bits per heavy atom. The summed E-state index contributed by atoms with van der Waals surface area (Å²) in [6.45, 7) is 4.10. The SMILES string of the molecule is CN1CCCN(C(=O)[C@@H]2C[C@@H](Sc3nccn3C)CN2Cc2cc(F)ccc2F)CC1. The summed E-state index contributed by atoms with van der Waals surface area (Å²) in [6.07, 6.45) is 5.26. The monoisotopic (exact) mass is 449 g/mol. The molecule has 168 valence electrons. The number of imidazole rings is 1. The van der Waals surface area contributed by atoms with Gasteiger partial charge in [0.1, 0.15) is 11.6 Å². The number of thioether (sulfide) groups is 1. The molecule has 6 nitrogen and oxygen atoms in total. The van der Waals surface area contributed by atoms with Crippen LogP contribution in [0.3, 0.4) is 0 Å². The van der Waals surface area contributed by atoms with Crippen LogP contribution in [0.25, 0.3) is 0 Å². The Hall–Kier alpha value is -1.97. The Balaban J connectivity index is 1.53. The third-order valence-electron chi connectivity index (χ3n) is 6.11. The van der Waals surface area contributed by atoms with E-state index in [2.05, 4.69) is 16.9 Å². The first-order valence-electron chi connectivity index (χ1n) is 10.7. The zero-order valence-corrected chi connectivity index (χ0v) is 18.8. The number of halogens is 2. The fraction of sp³-hybridized carbons (Fsp3) is 0.545. The summed E-state index contributed by atoms with van der Waals surface area (Å²) in [7, 11) is 4.02. The van der Waals surface area contributed by atoms with Crippen molar-refractivity contribution in [3.63, 3.8) is 0 Å². The third kappa shape index (κ3) is 5.27. The van der Waals surface area contributed by atoms with Crippen molar-refractivity contribution >= 4 is 17.7 Å². The number of aromatic nitrogens is 2. The van der Waals surface area contributed by atoms with Crippen LogP contribution in [0.5, 0.6) is 0 Å². The standard InChI is InChI=1S/C22H29F2N5OS/c1-26-7-3-8-28(11-10-26)21(30)20-13-18(31-22-25-6-9-27(22)2)15-29(20)14-16-12-17(23)4-5-19(16)24/h4-6,9,12,18,20H,3,7-8,10-11,13-15H2,1-2H3/t18-,20+/m1/s1. The van der Waals surface area contributed by atoms with Crippen molar-refractivity contribution in [3.8, 4) is 0 Å². The number of rotatable bonds is 5. The summed E-state index contributed by atoms with van der Waals surface area (Å²) in [5, 5.41) is 1.05. The second kappa shape index (κ2) is 9.67. The average molecular weight is 450 g/mol. The summed E-state index contributed by atoms with van der Waals surface area (Å²) in [5.74, 6) is -0.813. The molecule has 1 aromatic heterocycles. The number of hydrogen-bond acceptors (Lipinski definition) is 5. The molecule has 2 aromatic rings. The fourth-order valence-corrected chi connectivity index (χ4v) is 5.55. The quantitative estimate of drug-likeness (QED) is 0.702. The number of hydrogen-bond donors (Lipinski definition) is 0. The highest BCUT2D eigenvalue weighted by Gasteiger charge is 2.40. The number of amides is 1. The van der Waals surface area contributed by atoms with Gasteiger partial charge in [-0.25, -0.2) is 13.8 Å². The van der Waals surface area contributed by atoms with Crippen molar-refractivity contribution < 1.29 is 13.6 Å². The van der Waals surface area contributed by atoms with Gasteiger partial charge in [-0.2, -0.15) is 0 Å². The summed E-state index contributed by atoms with van der Waals surface area (Å²) >= 11 is 1.64. The second-order valence-corrected chi connectivity index (χ2v) is 9.73. The van der Waals surface area contributed by atoms with E-state index in [-0.39, 0.29) is 29.3 Å². The molecule has 2 aliphatic rings. The third-order valence-corrected chi connectivity index (χ3v) is 7.39. The van der Waals surface area contributed by atoms with E-state index >= 15 is 0 Å². The van der Waals surface area contributed by atoms with E-state index in [0.29, 0.717) is 19.5 Å². The van der Waals surface area contributed by atoms with Crippen LogP contribution in [0.4, 0.5) is 8.78 Å². The van der Waals surface area contributed by atoms with Crippen LogP contribution in [0.2, 0.25) is 0 Å². The summed E-state index contributed by atoms with van der Waals surface area (Å²) < 4.78 is 30.0. The summed E-state index contributed by atoms with van der Waals surface area (Å²) in [5.41, 5.74) is 0.288. The van der Waals surface area contributed by atoms with E-state index < -0.39 is 11.6 Å². The lowest BCUT2D eigenvalue weighted by molar-refractivity contribution is -0.136. The van der Waals surface area contributed by atoms with E-state index in [0.717, 1.165) is 43.3 Å². The molecule has 2 atom stereocenters. The van der Waals surface area contributed by atoms with Gasteiger partial charge in [0.15, 0.2) is 5.16 Å². The molecule has 4 rings (SSSR count). The molecule has 0 bridgehead atoms. The maximum Gasteiger partial charge on any atom is 0.240 e. The van der Waals surface area contributed by atoms with Crippen molar-refractivity contribution in [1.29, 1.82) is 0 Å². The van der Waals surface area contributed by atoms with E-state index in [1.165, 1.54) is 6.07 Å². The molecule has 0 unspecified atom stereocenters. The van der Waals surface area contributed by atoms with Gasteiger partial charge in [-0.15, -0.1) is 0 Å². The maximum atomic E-state index is 14.3. The highest BCUT2D eigenvalue weighted by molar-refractivity contribution is 7.99. The molecule has 31 heavy (non-hydrogen) atoms. The molecule has 2 aliphatic heterocycles. The molecule has 2 saturated heterocycles. The van der Waals surface area contributed by atoms with Crippen LogP contribution >= 0.6 is 11.8 Å². The minimum Gasteiger partial charge on any atom is -0.340 e. The van der Waals surface area contributed by atoms with Crippen LogP contribution < -0.4 is 0 Å². The Kier molecular flexibility index (Phi) is 6.93. The predicted molar refractivity (Wildman–Crippen MR) is 117 cm³/mol. The molecule has 0 radical (unpaired) electrons. The van der Waals surface area contributed by atoms with Gasteiger partial charge in [-0.1, -0.05) is 11.8 Å². The fourth-order valence-electron chi connectivity index (χ4n) is 4.35. The number of aryl methyl sites for hydroxylation is 1. The second-order valence-electron chi connectivity index (χ2n) is 8.46. The van der Waals surface area contributed by atoms with Gasteiger partial charge in [-0.05, 0) is 44.6 Å². The number of likely N-dealkylation sites (N-methyl/N-ethyl adjacent to an activating group) is 1. The number of benzene rings is 1. The molecule has 3 heterocycles. The molecule has 2 fully saturated rings. The van der Waals surface area contributed by atoms with E-state index in [9.17, 15) is 13.6 Å². The number of likely N-dealkylation sites (tertiary alicyclic amines) is 1. The molecule has 0 N–H and O–H groups in total. The zero-order chi connectivity index (χ0) is 22.0. The smallest absolute Gasteiger partial charge is 0.240 e. The predicted octanol–water partition coefficient (Wildman–Crippen LogP) is 2.60. The van der Waals surface area contributed by atoms with Crippen molar-refractivity contribution in [2.45, 2.75) is 35.8 Å². The molecule has 1 amide bonds. The van der Waals surface area contributed by atoms with Gasteiger partial charge >= 0.3 is 0 Å². The molecule has 1 aromatic carbocycles. The maximum absolute atomic E-state index is 14.3. The average Bonchev–Trinajstić information content (AvgIpc) is 3.25. The molecular weight excluding hydrogens is 420 g/mol. The number of carbonyl (C=O) groups excluding carboxylic acids is 1. The van der Waals surface area contributed by atoms with E-state index in [1.807, 2.05) is 27.6 Å². The first-order valence-corrected chi connectivity index (χ1v) is 11.6. The topological polar surface area (TPSA) is 44.6 Å². The molecule has 0 spiro atoms.